The molecule has 1 aromatic rings. The highest BCUT2D eigenvalue weighted by Crippen LogP contribution is 2.17. The average molecular weight is 301 g/mol. The molecule has 0 bridgehead atoms. The number of hydrogen-bond donors (Lipinski definition) is 2. The van der Waals surface area contributed by atoms with Crippen molar-refractivity contribution in [2.45, 2.75) is 12.0 Å². The average Bonchev–Trinajstić information content (AvgIpc) is 2.74. The van der Waals surface area contributed by atoms with Crippen LogP contribution in [0.1, 0.15) is 16.9 Å². The Bertz CT molecular complexity index is 419. The highest BCUT2D eigenvalue weighted by molar-refractivity contribution is 9.10. The maximum Gasteiger partial charge on any atom is 0.270 e. The van der Waals surface area contributed by atoms with E-state index < -0.39 is 5.60 Å². The summed E-state index contributed by atoms with van der Waals surface area (Å²) >= 11 is 3.20. The number of ether oxygens (including phenoxy) is 1. The summed E-state index contributed by atoms with van der Waals surface area (Å²) in [6.45, 7) is 0.973. The first-order valence-corrected chi connectivity index (χ1v) is 6.09. The molecule has 0 aliphatic carbocycles. The molecular weight excluding hydrogens is 288 g/mol. The number of amides is 1. The van der Waals surface area contributed by atoms with E-state index in [2.05, 4.69) is 26.2 Å². The van der Waals surface area contributed by atoms with Crippen LogP contribution in [0.25, 0.3) is 0 Å². The van der Waals surface area contributed by atoms with Crippen molar-refractivity contribution in [2.24, 2.45) is 0 Å². The minimum atomic E-state index is -0.943. The lowest BCUT2D eigenvalue weighted by molar-refractivity contribution is 0.0264. The molecule has 17 heavy (non-hydrogen) atoms. The van der Waals surface area contributed by atoms with Crippen molar-refractivity contribution >= 4 is 21.8 Å². The molecule has 1 amide bonds. The van der Waals surface area contributed by atoms with Gasteiger partial charge in [-0.05, 0) is 28.1 Å². The van der Waals surface area contributed by atoms with Crippen molar-refractivity contribution < 1.29 is 14.6 Å². The number of hydrogen-bond acceptors (Lipinski definition) is 4. The molecule has 1 aliphatic rings. The van der Waals surface area contributed by atoms with E-state index in [0.29, 0.717) is 23.3 Å². The predicted molar refractivity (Wildman–Crippen MR) is 64.7 cm³/mol. The van der Waals surface area contributed by atoms with Crippen molar-refractivity contribution in [1.82, 2.24) is 10.3 Å². The Hall–Kier alpha value is -0.980. The van der Waals surface area contributed by atoms with Crippen LogP contribution in [0.5, 0.6) is 0 Å². The van der Waals surface area contributed by atoms with Gasteiger partial charge in [-0.3, -0.25) is 4.79 Å². The molecule has 1 saturated heterocycles. The Morgan fingerprint density at radius 3 is 3.12 bits per heavy atom. The number of nitrogens with zero attached hydrogens (tertiary/aromatic N) is 1. The number of halogens is 1. The molecule has 0 aromatic carbocycles. The minimum Gasteiger partial charge on any atom is -0.386 e. The number of carbonyl (C=O) groups is 1. The summed E-state index contributed by atoms with van der Waals surface area (Å²) in [6.07, 6.45) is 0.541. The van der Waals surface area contributed by atoms with Gasteiger partial charge in [0.05, 0.1) is 6.61 Å². The monoisotopic (exact) mass is 300 g/mol. The van der Waals surface area contributed by atoms with Gasteiger partial charge in [-0.1, -0.05) is 6.07 Å². The van der Waals surface area contributed by atoms with Crippen molar-refractivity contribution in [3.05, 3.63) is 28.5 Å². The third-order valence-corrected chi connectivity index (χ3v) is 3.05. The third-order valence-electron chi connectivity index (χ3n) is 2.61. The Morgan fingerprint density at radius 1 is 1.65 bits per heavy atom. The van der Waals surface area contributed by atoms with Crippen LogP contribution < -0.4 is 5.32 Å². The SMILES string of the molecule is O=C(NCC1(O)CCOC1)c1cccc(Br)n1. The second kappa shape index (κ2) is 5.12. The van der Waals surface area contributed by atoms with E-state index in [4.69, 9.17) is 4.74 Å². The van der Waals surface area contributed by atoms with Gasteiger partial charge in [0.1, 0.15) is 15.9 Å². The lowest BCUT2D eigenvalue weighted by Crippen LogP contribution is -2.43. The van der Waals surface area contributed by atoms with Crippen molar-refractivity contribution in [3.63, 3.8) is 0 Å². The maximum absolute atomic E-state index is 11.7. The van der Waals surface area contributed by atoms with Crippen LogP contribution in [-0.4, -0.2) is 41.4 Å². The minimum absolute atomic E-state index is 0.181. The van der Waals surface area contributed by atoms with E-state index in [9.17, 15) is 9.90 Å². The summed E-state index contributed by atoms with van der Waals surface area (Å²) in [6, 6.07) is 5.10. The van der Waals surface area contributed by atoms with E-state index in [-0.39, 0.29) is 19.1 Å². The lowest BCUT2D eigenvalue weighted by Gasteiger charge is -2.20. The number of pyridine rings is 1. The van der Waals surface area contributed by atoms with E-state index in [1.54, 1.807) is 18.2 Å². The molecule has 0 radical (unpaired) electrons. The first-order valence-electron chi connectivity index (χ1n) is 5.30. The highest BCUT2D eigenvalue weighted by atomic mass is 79.9. The van der Waals surface area contributed by atoms with E-state index >= 15 is 0 Å². The van der Waals surface area contributed by atoms with E-state index in [1.165, 1.54) is 0 Å². The van der Waals surface area contributed by atoms with Crippen LogP contribution in [0.2, 0.25) is 0 Å². The Labute approximate surface area is 107 Å². The van der Waals surface area contributed by atoms with E-state index in [0.717, 1.165) is 0 Å². The summed E-state index contributed by atoms with van der Waals surface area (Å²) in [7, 11) is 0. The van der Waals surface area contributed by atoms with Crippen LogP contribution in [0.15, 0.2) is 22.8 Å². The number of aliphatic hydroxyl groups is 1. The second-order valence-electron chi connectivity index (χ2n) is 4.06. The molecule has 92 valence electrons. The molecular formula is C11H13BrN2O3. The Balaban J connectivity index is 1.93. The summed E-state index contributed by atoms with van der Waals surface area (Å²) in [5, 5.41) is 12.6. The fourth-order valence-corrected chi connectivity index (χ4v) is 1.95. The normalized spacial score (nSPS) is 23.6. The fourth-order valence-electron chi connectivity index (χ4n) is 1.61. The van der Waals surface area contributed by atoms with Crippen LogP contribution >= 0.6 is 15.9 Å². The molecule has 1 fully saturated rings. The molecule has 5 nitrogen and oxygen atoms in total. The summed E-state index contributed by atoms with van der Waals surface area (Å²) < 4.78 is 5.70. The zero-order valence-electron chi connectivity index (χ0n) is 9.15. The van der Waals surface area contributed by atoms with Gasteiger partial charge >= 0.3 is 0 Å². The molecule has 1 aromatic heterocycles. The van der Waals surface area contributed by atoms with E-state index in [1.807, 2.05) is 0 Å². The number of aromatic nitrogens is 1. The largest absolute Gasteiger partial charge is 0.386 e. The molecule has 0 spiro atoms. The van der Waals surface area contributed by atoms with Gasteiger partial charge in [-0.2, -0.15) is 0 Å². The van der Waals surface area contributed by atoms with Crippen LogP contribution in [0.4, 0.5) is 0 Å². The summed E-state index contributed by atoms with van der Waals surface area (Å²) in [4.78, 5) is 15.8. The summed E-state index contributed by atoms with van der Waals surface area (Å²) in [5.74, 6) is -0.299. The van der Waals surface area contributed by atoms with Gasteiger partial charge in [0.2, 0.25) is 0 Å². The molecule has 1 atom stereocenters. The first-order chi connectivity index (χ1) is 8.09. The van der Waals surface area contributed by atoms with Gasteiger partial charge in [0.15, 0.2) is 0 Å². The maximum atomic E-state index is 11.7. The third kappa shape index (κ3) is 3.24. The molecule has 2 rings (SSSR count). The second-order valence-corrected chi connectivity index (χ2v) is 4.87. The first kappa shape index (κ1) is 12.5. The number of carbonyl (C=O) groups excluding carboxylic acids is 1. The molecule has 1 aliphatic heterocycles. The lowest BCUT2D eigenvalue weighted by atomic mass is 10.0. The van der Waals surface area contributed by atoms with Crippen molar-refractivity contribution in [1.29, 1.82) is 0 Å². The van der Waals surface area contributed by atoms with Gasteiger partial charge in [-0.25, -0.2) is 4.98 Å². The quantitative estimate of drug-likeness (QED) is 0.807. The Kier molecular flexibility index (Phi) is 3.76. The standard InChI is InChI=1S/C11H13BrN2O3/c12-9-3-1-2-8(14-9)10(15)13-6-11(16)4-5-17-7-11/h1-3,16H,4-7H2,(H,13,15). The zero-order chi connectivity index (χ0) is 12.3. The Morgan fingerprint density at radius 2 is 2.47 bits per heavy atom. The predicted octanol–water partition coefficient (Wildman–Crippen LogP) is 0.725. The van der Waals surface area contributed by atoms with Crippen LogP contribution in [0, 0.1) is 0 Å². The van der Waals surface area contributed by atoms with Crippen molar-refractivity contribution in [2.75, 3.05) is 19.8 Å². The van der Waals surface area contributed by atoms with Crippen LogP contribution in [-0.2, 0) is 4.74 Å². The molecule has 6 heteroatoms. The topological polar surface area (TPSA) is 71.5 Å². The van der Waals surface area contributed by atoms with Gasteiger partial charge in [-0.15, -0.1) is 0 Å². The number of rotatable bonds is 3. The molecule has 0 saturated carbocycles. The molecule has 1 unspecified atom stereocenters. The van der Waals surface area contributed by atoms with Crippen molar-refractivity contribution in [3.8, 4) is 0 Å². The zero-order valence-corrected chi connectivity index (χ0v) is 10.7. The smallest absolute Gasteiger partial charge is 0.270 e. The van der Waals surface area contributed by atoms with Crippen LogP contribution in [0.3, 0.4) is 0 Å². The summed E-state index contributed by atoms with van der Waals surface area (Å²) in [5.41, 5.74) is -0.622. The molecule has 2 heterocycles. The fraction of sp³-hybridized carbons (Fsp3) is 0.455. The van der Waals surface area contributed by atoms with Gasteiger partial charge < -0.3 is 15.2 Å². The molecule has 2 N–H and O–H groups in total. The van der Waals surface area contributed by atoms with Gasteiger partial charge in [0, 0.05) is 19.6 Å². The number of nitrogens with one attached hydrogen (secondary N) is 1. The van der Waals surface area contributed by atoms with Gasteiger partial charge in [0.25, 0.3) is 5.91 Å². The highest BCUT2D eigenvalue weighted by Gasteiger charge is 2.32.